The third kappa shape index (κ3) is 6.50. The fourth-order valence-electron chi connectivity index (χ4n) is 3.67. The standard InChI is InChI=1S/C20H24ClNO10S/c1-11-5-12(2)10-22(9-11)33(30,31)13-3-4-15(21)14(6-13)18(26)32-17(25)8-20(29,19(27)28)7-16(23)24/h3-4,6,11-12,29H,5,7-10H2,1-2H3,(H,23,24)(H,27,28). The Morgan fingerprint density at radius 2 is 1.70 bits per heavy atom. The lowest BCUT2D eigenvalue weighted by atomic mass is 9.94. The summed E-state index contributed by atoms with van der Waals surface area (Å²) < 4.78 is 31.9. The van der Waals surface area contributed by atoms with Gasteiger partial charge in [0.05, 0.1) is 28.3 Å². The lowest BCUT2D eigenvalue weighted by molar-refractivity contribution is -0.170. The Hall–Kier alpha value is -2.54. The summed E-state index contributed by atoms with van der Waals surface area (Å²) in [6, 6.07) is 3.29. The molecule has 1 aliphatic rings. The quantitative estimate of drug-likeness (QED) is 0.345. The van der Waals surface area contributed by atoms with Crippen LogP contribution in [0.25, 0.3) is 0 Å². The lowest BCUT2D eigenvalue weighted by Gasteiger charge is -2.34. The highest BCUT2D eigenvalue weighted by atomic mass is 35.5. The maximum absolute atomic E-state index is 13.1. The van der Waals surface area contributed by atoms with Crippen molar-refractivity contribution in [2.45, 2.75) is 43.6 Å². The third-order valence-corrected chi connectivity index (χ3v) is 7.27. The van der Waals surface area contributed by atoms with Gasteiger partial charge < -0.3 is 20.1 Å². The normalized spacial score (nSPS) is 21.1. The highest BCUT2D eigenvalue weighted by molar-refractivity contribution is 7.89. The van der Waals surface area contributed by atoms with E-state index >= 15 is 0 Å². The van der Waals surface area contributed by atoms with Gasteiger partial charge in [0.1, 0.15) is 0 Å². The summed E-state index contributed by atoms with van der Waals surface area (Å²) in [5.41, 5.74) is -3.47. The van der Waals surface area contributed by atoms with Crippen molar-refractivity contribution in [3.05, 3.63) is 28.8 Å². The van der Waals surface area contributed by atoms with Crippen molar-refractivity contribution in [3.8, 4) is 0 Å². The zero-order valence-electron chi connectivity index (χ0n) is 17.9. The Kier molecular flexibility index (Phi) is 8.22. The molecule has 0 radical (unpaired) electrons. The van der Waals surface area contributed by atoms with Crippen LogP contribution in [-0.2, 0) is 29.1 Å². The average molecular weight is 506 g/mol. The summed E-state index contributed by atoms with van der Waals surface area (Å²) in [6.07, 6.45) is -1.77. The molecule has 33 heavy (non-hydrogen) atoms. The summed E-state index contributed by atoms with van der Waals surface area (Å²) in [5.74, 6) is -6.33. The Labute approximate surface area is 195 Å². The van der Waals surface area contributed by atoms with Gasteiger partial charge in [-0.05, 0) is 36.5 Å². The van der Waals surface area contributed by atoms with E-state index in [1.807, 2.05) is 13.8 Å². The van der Waals surface area contributed by atoms with Crippen LogP contribution in [0.4, 0.5) is 0 Å². The van der Waals surface area contributed by atoms with E-state index in [9.17, 15) is 32.7 Å². The van der Waals surface area contributed by atoms with Gasteiger partial charge in [-0.15, -0.1) is 0 Å². The van der Waals surface area contributed by atoms with E-state index in [1.54, 1.807) is 0 Å². The molecule has 1 fully saturated rings. The molecular weight excluding hydrogens is 482 g/mol. The fraction of sp³-hybridized carbons (Fsp3) is 0.500. The van der Waals surface area contributed by atoms with E-state index in [0.717, 1.165) is 18.6 Å². The number of aliphatic carboxylic acids is 2. The van der Waals surface area contributed by atoms with Crippen molar-refractivity contribution in [3.63, 3.8) is 0 Å². The highest BCUT2D eigenvalue weighted by Crippen LogP contribution is 2.29. The first-order valence-electron chi connectivity index (χ1n) is 9.88. The number of esters is 2. The van der Waals surface area contributed by atoms with Gasteiger partial charge in [-0.2, -0.15) is 4.31 Å². The van der Waals surface area contributed by atoms with Gasteiger partial charge in [-0.25, -0.2) is 18.0 Å². The second-order valence-electron chi connectivity index (χ2n) is 8.26. The Bertz CT molecular complexity index is 1060. The summed E-state index contributed by atoms with van der Waals surface area (Å²) in [4.78, 5) is 46.1. The van der Waals surface area contributed by atoms with Gasteiger partial charge in [0.2, 0.25) is 10.0 Å². The Morgan fingerprint density at radius 1 is 1.12 bits per heavy atom. The number of benzene rings is 1. The van der Waals surface area contributed by atoms with Gasteiger partial charge >= 0.3 is 23.9 Å². The van der Waals surface area contributed by atoms with Crippen molar-refractivity contribution in [1.29, 1.82) is 0 Å². The van der Waals surface area contributed by atoms with Crippen LogP contribution in [0.2, 0.25) is 5.02 Å². The minimum Gasteiger partial charge on any atom is -0.481 e. The predicted octanol–water partition coefficient (Wildman–Crippen LogP) is 1.37. The number of hydrogen-bond donors (Lipinski definition) is 3. The van der Waals surface area contributed by atoms with Crippen LogP contribution < -0.4 is 0 Å². The minimum atomic E-state index is -3.98. The van der Waals surface area contributed by atoms with Crippen LogP contribution in [0.1, 0.15) is 43.5 Å². The predicted molar refractivity (Wildman–Crippen MR) is 113 cm³/mol. The first-order chi connectivity index (χ1) is 15.2. The topological polar surface area (TPSA) is 176 Å². The number of nitrogens with zero attached hydrogens (tertiary/aromatic N) is 1. The van der Waals surface area contributed by atoms with Crippen molar-refractivity contribution >= 4 is 45.5 Å². The van der Waals surface area contributed by atoms with Crippen LogP contribution in [0, 0.1) is 11.8 Å². The fourth-order valence-corrected chi connectivity index (χ4v) is 5.57. The second kappa shape index (κ2) is 10.2. The molecule has 1 saturated heterocycles. The van der Waals surface area contributed by atoms with Crippen molar-refractivity contribution in [1.82, 2.24) is 4.31 Å². The van der Waals surface area contributed by atoms with Crippen LogP contribution >= 0.6 is 11.6 Å². The van der Waals surface area contributed by atoms with Crippen molar-refractivity contribution < 1.29 is 47.7 Å². The summed E-state index contributed by atoms with van der Waals surface area (Å²) in [7, 11) is -3.98. The number of halogens is 1. The average Bonchev–Trinajstić information content (AvgIpc) is 2.66. The highest BCUT2D eigenvalue weighted by Gasteiger charge is 2.42. The molecule has 0 aromatic heterocycles. The van der Waals surface area contributed by atoms with Gasteiger partial charge in [0.15, 0.2) is 5.60 Å². The van der Waals surface area contributed by atoms with Gasteiger partial charge in [0, 0.05) is 13.1 Å². The second-order valence-corrected chi connectivity index (χ2v) is 10.6. The maximum atomic E-state index is 13.1. The van der Waals surface area contributed by atoms with E-state index in [2.05, 4.69) is 4.74 Å². The van der Waals surface area contributed by atoms with Crippen molar-refractivity contribution in [2.75, 3.05) is 13.1 Å². The molecule has 3 unspecified atom stereocenters. The number of sulfonamides is 1. The number of carboxylic acids is 2. The van der Waals surface area contributed by atoms with E-state index in [1.165, 1.54) is 10.4 Å². The maximum Gasteiger partial charge on any atom is 0.347 e. The van der Waals surface area contributed by atoms with E-state index in [4.69, 9.17) is 21.8 Å². The summed E-state index contributed by atoms with van der Waals surface area (Å²) in [6.45, 7) is 4.45. The van der Waals surface area contributed by atoms with Gasteiger partial charge in [0.25, 0.3) is 0 Å². The van der Waals surface area contributed by atoms with E-state index in [0.29, 0.717) is 13.1 Å². The summed E-state index contributed by atoms with van der Waals surface area (Å²) >= 11 is 5.97. The largest absolute Gasteiger partial charge is 0.481 e. The molecule has 3 atom stereocenters. The number of rotatable bonds is 8. The molecular formula is C20H24ClNO10S. The van der Waals surface area contributed by atoms with Crippen molar-refractivity contribution in [2.24, 2.45) is 11.8 Å². The molecule has 3 N–H and O–H groups in total. The molecule has 0 aliphatic carbocycles. The molecule has 1 aliphatic heterocycles. The number of carboxylic acid groups (broad SMARTS) is 2. The Balaban J connectivity index is 2.25. The molecule has 11 nitrogen and oxygen atoms in total. The minimum absolute atomic E-state index is 0.136. The number of piperidine rings is 1. The van der Waals surface area contributed by atoms with Crippen LogP contribution in [0.3, 0.4) is 0 Å². The molecule has 1 heterocycles. The first-order valence-corrected chi connectivity index (χ1v) is 11.7. The smallest absolute Gasteiger partial charge is 0.347 e. The SMILES string of the molecule is CC1CC(C)CN(S(=O)(=O)c2ccc(Cl)c(C(=O)OC(=O)CC(O)(CC(=O)O)C(=O)O)c2)C1. The third-order valence-electron chi connectivity index (χ3n) is 5.12. The molecule has 2 rings (SSSR count). The molecule has 0 bridgehead atoms. The molecule has 13 heteroatoms. The molecule has 1 aromatic rings. The van der Waals surface area contributed by atoms with Gasteiger partial charge in [-0.3, -0.25) is 9.59 Å². The zero-order chi connectivity index (χ0) is 25.1. The molecule has 0 saturated carbocycles. The number of aliphatic hydroxyl groups is 1. The number of ether oxygens (including phenoxy) is 1. The monoisotopic (exact) mass is 505 g/mol. The molecule has 0 amide bonds. The first kappa shape index (κ1) is 26.7. The Morgan fingerprint density at radius 3 is 2.21 bits per heavy atom. The molecule has 1 aromatic carbocycles. The molecule has 182 valence electrons. The van der Waals surface area contributed by atoms with E-state index in [-0.39, 0.29) is 21.8 Å². The zero-order valence-corrected chi connectivity index (χ0v) is 19.4. The summed E-state index contributed by atoms with van der Waals surface area (Å²) in [5, 5.41) is 27.4. The van der Waals surface area contributed by atoms with E-state index < -0.39 is 57.9 Å². The molecule has 0 spiro atoms. The van der Waals surface area contributed by atoms with Gasteiger partial charge in [-0.1, -0.05) is 25.4 Å². The van der Waals surface area contributed by atoms with Crippen LogP contribution in [-0.4, -0.2) is 70.6 Å². The van der Waals surface area contributed by atoms with Crippen LogP contribution in [0.5, 0.6) is 0 Å². The lowest BCUT2D eigenvalue weighted by Crippen LogP contribution is -2.43. The number of carbonyl (C=O) groups excluding carboxylic acids is 2. The number of carbonyl (C=O) groups is 4. The number of hydrogen-bond acceptors (Lipinski definition) is 8. The van der Waals surface area contributed by atoms with Crippen LogP contribution in [0.15, 0.2) is 23.1 Å².